The lowest BCUT2D eigenvalue weighted by molar-refractivity contribution is -0.906. The zero-order chi connectivity index (χ0) is 14.4. The molecule has 0 aromatic heterocycles. The third-order valence-corrected chi connectivity index (χ3v) is 4.14. The van der Waals surface area contributed by atoms with Gasteiger partial charge in [0, 0.05) is 10.7 Å². The van der Waals surface area contributed by atoms with Crippen LogP contribution in [0.25, 0.3) is 0 Å². The molecule has 0 aliphatic carbocycles. The van der Waals surface area contributed by atoms with Crippen molar-refractivity contribution < 1.29 is 9.64 Å². The van der Waals surface area contributed by atoms with Crippen LogP contribution in [0.4, 0.5) is 5.69 Å². The molecule has 110 valence electrons. The second-order valence-corrected chi connectivity index (χ2v) is 5.72. The molecule has 1 aromatic carbocycles. The molecule has 0 spiro atoms. The summed E-state index contributed by atoms with van der Waals surface area (Å²) < 4.78 is 5.34. The molecule has 0 bridgehead atoms. The van der Waals surface area contributed by atoms with Crippen LogP contribution in [0.2, 0.25) is 5.02 Å². The van der Waals surface area contributed by atoms with Crippen LogP contribution in [0.1, 0.15) is 5.56 Å². The number of anilines is 1. The molecule has 1 aliphatic heterocycles. The molecule has 1 fully saturated rings. The topological polar surface area (TPSA) is 37.7 Å². The van der Waals surface area contributed by atoms with Crippen LogP contribution in [-0.2, 0) is 4.74 Å². The number of halogens is 1. The van der Waals surface area contributed by atoms with Crippen molar-refractivity contribution in [1.82, 2.24) is 5.32 Å². The van der Waals surface area contributed by atoms with E-state index in [1.54, 1.807) is 4.90 Å². The lowest BCUT2D eigenvalue weighted by Crippen LogP contribution is -3.14. The van der Waals surface area contributed by atoms with E-state index < -0.39 is 0 Å². The highest BCUT2D eigenvalue weighted by molar-refractivity contribution is 7.80. The van der Waals surface area contributed by atoms with Gasteiger partial charge in [-0.2, -0.15) is 0 Å². The number of quaternary nitrogens is 1. The van der Waals surface area contributed by atoms with Gasteiger partial charge in [0.05, 0.1) is 26.3 Å². The van der Waals surface area contributed by atoms with E-state index in [-0.39, 0.29) is 0 Å². The smallest absolute Gasteiger partial charge is 0.170 e. The van der Waals surface area contributed by atoms with Crippen LogP contribution in [-0.4, -0.2) is 44.5 Å². The zero-order valence-electron chi connectivity index (χ0n) is 11.7. The molecule has 1 heterocycles. The lowest BCUT2D eigenvalue weighted by atomic mass is 10.2. The highest BCUT2D eigenvalue weighted by Gasteiger charge is 2.13. The third-order valence-electron chi connectivity index (χ3n) is 3.48. The zero-order valence-corrected chi connectivity index (χ0v) is 13.2. The summed E-state index contributed by atoms with van der Waals surface area (Å²) in [5.41, 5.74) is 1.96. The van der Waals surface area contributed by atoms with Crippen LogP contribution < -0.4 is 15.5 Å². The molecule has 0 amide bonds. The molecule has 2 rings (SSSR count). The molecule has 20 heavy (non-hydrogen) atoms. The molecule has 0 atom stereocenters. The molecule has 0 saturated carbocycles. The van der Waals surface area contributed by atoms with Gasteiger partial charge >= 0.3 is 0 Å². The molecule has 0 radical (unpaired) electrons. The number of thiocarbonyl (C=S) groups is 1. The average Bonchev–Trinajstić information content (AvgIpc) is 2.45. The van der Waals surface area contributed by atoms with Crippen LogP contribution in [0, 0.1) is 6.92 Å². The first-order valence-corrected chi connectivity index (χ1v) is 7.66. The summed E-state index contributed by atoms with van der Waals surface area (Å²) in [6, 6.07) is 5.76. The number of morpholine rings is 1. The molecule has 1 aliphatic rings. The van der Waals surface area contributed by atoms with E-state index in [2.05, 4.69) is 10.6 Å². The molecule has 1 saturated heterocycles. The SMILES string of the molecule is Cc1c(Cl)cccc1NC(=S)NCC[NH+]1CCOCC1. The van der Waals surface area contributed by atoms with E-state index in [1.807, 2.05) is 25.1 Å². The van der Waals surface area contributed by atoms with Crippen molar-refractivity contribution in [3.63, 3.8) is 0 Å². The Hall–Kier alpha value is -0.880. The van der Waals surface area contributed by atoms with Crippen molar-refractivity contribution in [2.45, 2.75) is 6.92 Å². The normalized spacial score (nSPS) is 15.9. The summed E-state index contributed by atoms with van der Waals surface area (Å²) in [5.74, 6) is 0. The van der Waals surface area contributed by atoms with Gasteiger partial charge in [0.1, 0.15) is 13.1 Å². The second-order valence-electron chi connectivity index (χ2n) is 4.91. The quantitative estimate of drug-likeness (QED) is 0.721. The molecule has 6 heteroatoms. The Morgan fingerprint density at radius 1 is 1.40 bits per heavy atom. The first-order chi connectivity index (χ1) is 9.66. The highest BCUT2D eigenvalue weighted by atomic mass is 35.5. The summed E-state index contributed by atoms with van der Waals surface area (Å²) in [7, 11) is 0. The first kappa shape index (κ1) is 15.5. The van der Waals surface area contributed by atoms with Crippen LogP contribution in [0.5, 0.6) is 0 Å². The van der Waals surface area contributed by atoms with Gasteiger partial charge in [-0.3, -0.25) is 0 Å². The van der Waals surface area contributed by atoms with E-state index in [0.717, 1.165) is 55.7 Å². The monoisotopic (exact) mass is 314 g/mol. The largest absolute Gasteiger partial charge is 0.370 e. The average molecular weight is 315 g/mol. The fourth-order valence-electron chi connectivity index (χ4n) is 2.17. The number of hydrogen-bond acceptors (Lipinski definition) is 2. The Morgan fingerprint density at radius 2 is 2.15 bits per heavy atom. The third kappa shape index (κ3) is 4.59. The van der Waals surface area contributed by atoms with Gasteiger partial charge in [0.2, 0.25) is 0 Å². The fourth-order valence-corrected chi connectivity index (χ4v) is 2.56. The standard InChI is InChI=1S/C14H20ClN3OS/c1-11-12(15)3-2-4-13(11)17-14(20)16-5-6-18-7-9-19-10-8-18/h2-4H,5-10H2,1H3,(H2,16,17,20)/p+1. The van der Waals surface area contributed by atoms with E-state index in [4.69, 9.17) is 28.6 Å². The van der Waals surface area contributed by atoms with Gasteiger partial charge < -0.3 is 20.3 Å². The maximum Gasteiger partial charge on any atom is 0.170 e. The number of nitrogens with one attached hydrogen (secondary N) is 3. The molecular formula is C14H21ClN3OS+. The van der Waals surface area contributed by atoms with Gasteiger partial charge in [-0.1, -0.05) is 17.7 Å². The lowest BCUT2D eigenvalue weighted by Gasteiger charge is -2.24. The summed E-state index contributed by atoms with van der Waals surface area (Å²) in [5, 5.41) is 7.82. The Kier molecular flexibility index (Phi) is 6.04. The Labute approximate surface area is 130 Å². The summed E-state index contributed by atoms with van der Waals surface area (Å²) in [6.45, 7) is 7.77. The first-order valence-electron chi connectivity index (χ1n) is 6.88. The van der Waals surface area contributed by atoms with Gasteiger partial charge in [-0.15, -0.1) is 0 Å². The van der Waals surface area contributed by atoms with Crippen molar-refractivity contribution >= 4 is 34.6 Å². The van der Waals surface area contributed by atoms with Crippen LogP contribution in [0.3, 0.4) is 0 Å². The Morgan fingerprint density at radius 3 is 2.90 bits per heavy atom. The van der Waals surface area contributed by atoms with Crippen molar-refractivity contribution in [3.8, 4) is 0 Å². The maximum atomic E-state index is 6.08. The molecule has 1 aromatic rings. The van der Waals surface area contributed by atoms with E-state index in [9.17, 15) is 0 Å². The van der Waals surface area contributed by atoms with Gasteiger partial charge in [-0.05, 0) is 36.8 Å². The van der Waals surface area contributed by atoms with Gasteiger partial charge in [0.25, 0.3) is 0 Å². The molecule has 3 N–H and O–H groups in total. The Bertz CT molecular complexity index is 464. The van der Waals surface area contributed by atoms with Crippen molar-refractivity contribution in [2.75, 3.05) is 44.7 Å². The van der Waals surface area contributed by atoms with Crippen LogP contribution in [0.15, 0.2) is 18.2 Å². The number of hydrogen-bond donors (Lipinski definition) is 3. The number of rotatable bonds is 4. The highest BCUT2D eigenvalue weighted by Crippen LogP contribution is 2.22. The minimum Gasteiger partial charge on any atom is -0.370 e. The van der Waals surface area contributed by atoms with Crippen molar-refractivity contribution in [1.29, 1.82) is 0 Å². The summed E-state index contributed by atoms with van der Waals surface area (Å²) in [4.78, 5) is 1.56. The summed E-state index contributed by atoms with van der Waals surface area (Å²) >= 11 is 11.4. The summed E-state index contributed by atoms with van der Waals surface area (Å²) in [6.07, 6.45) is 0. The van der Waals surface area contributed by atoms with E-state index >= 15 is 0 Å². The minimum absolute atomic E-state index is 0.642. The van der Waals surface area contributed by atoms with Crippen molar-refractivity contribution in [3.05, 3.63) is 28.8 Å². The Balaban J connectivity index is 1.73. The number of benzene rings is 1. The second kappa shape index (κ2) is 7.78. The van der Waals surface area contributed by atoms with Gasteiger partial charge in [0.15, 0.2) is 5.11 Å². The van der Waals surface area contributed by atoms with E-state index in [0.29, 0.717) is 5.11 Å². The minimum atomic E-state index is 0.642. The molecule has 4 nitrogen and oxygen atoms in total. The van der Waals surface area contributed by atoms with Crippen molar-refractivity contribution in [2.24, 2.45) is 0 Å². The fraction of sp³-hybridized carbons (Fsp3) is 0.500. The predicted octanol–water partition coefficient (Wildman–Crippen LogP) is 0.850. The molecule has 0 unspecified atom stereocenters. The molecular weight excluding hydrogens is 294 g/mol. The maximum absolute atomic E-state index is 6.08. The number of ether oxygens (including phenoxy) is 1. The van der Waals surface area contributed by atoms with E-state index in [1.165, 1.54) is 0 Å². The van der Waals surface area contributed by atoms with Gasteiger partial charge in [-0.25, -0.2) is 0 Å². The van der Waals surface area contributed by atoms with Crippen LogP contribution >= 0.6 is 23.8 Å². The predicted molar refractivity (Wildman–Crippen MR) is 86.8 cm³/mol.